The molecule has 0 aromatic carbocycles. The van der Waals surface area contributed by atoms with Gasteiger partial charge in [0.05, 0.1) is 6.54 Å². The smallest absolute Gasteiger partial charge is 0.122 e. The SMILES string of the molecule is CNC1CCCCCCC1N1CCn2ccnc2C1. The lowest BCUT2D eigenvalue weighted by Gasteiger charge is -2.40. The molecule has 106 valence electrons. The molecule has 1 aromatic heterocycles. The van der Waals surface area contributed by atoms with Crippen LogP contribution in [0.5, 0.6) is 0 Å². The molecule has 1 saturated carbocycles. The summed E-state index contributed by atoms with van der Waals surface area (Å²) in [5, 5.41) is 3.57. The van der Waals surface area contributed by atoms with Crippen molar-refractivity contribution in [1.29, 1.82) is 0 Å². The molecule has 2 unspecified atom stereocenters. The van der Waals surface area contributed by atoms with Crippen molar-refractivity contribution in [1.82, 2.24) is 19.8 Å². The first-order valence-corrected chi connectivity index (χ1v) is 7.80. The van der Waals surface area contributed by atoms with Gasteiger partial charge in [0.2, 0.25) is 0 Å². The fourth-order valence-electron chi connectivity index (χ4n) is 3.71. The molecular formula is C15H26N4. The molecule has 1 fully saturated rings. The van der Waals surface area contributed by atoms with Gasteiger partial charge in [0.25, 0.3) is 0 Å². The van der Waals surface area contributed by atoms with E-state index in [9.17, 15) is 0 Å². The van der Waals surface area contributed by atoms with Crippen molar-refractivity contribution in [2.45, 2.75) is 63.7 Å². The zero-order valence-electron chi connectivity index (χ0n) is 12.0. The third kappa shape index (κ3) is 2.84. The number of nitrogens with one attached hydrogen (secondary N) is 1. The monoisotopic (exact) mass is 262 g/mol. The fraction of sp³-hybridized carbons (Fsp3) is 0.800. The van der Waals surface area contributed by atoms with E-state index in [1.54, 1.807) is 0 Å². The molecule has 1 aliphatic heterocycles. The number of rotatable bonds is 2. The third-order valence-electron chi connectivity index (χ3n) is 4.84. The highest BCUT2D eigenvalue weighted by molar-refractivity contribution is 4.98. The summed E-state index contributed by atoms with van der Waals surface area (Å²) < 4.78 is 2.30. The van der Waals surface area contributed by atoms with Gasteiger partial charge >= 0.3 is 0 Å². The Bertz CT molecular complexity index is 401. The summed E-state index contributed by atoms with van der Waals surface area (Å²) in [5.41, 5.74) is 0. The Morgan fingerprint density at radius 3 is 2.84 bits per heavy atom. The summed E-state index contributed by atoms with van der Waals surface area (Å²) in [6, 6.07) is 1.34. The highest BCUT2D eigenvalue weighted by Gasteiger charge is 2.29. The van der Waals surface area contributed by atoms with Crippen LogP contribution in [-0.4, -0.2) is 40.1 Å². The predicted octanol–water partition coefficient (Wildman–Crippen LogP) is 2.01. The fourth-order valence-corrected chi connectivity index (χ4v) is 3.71. The Morgan fingerprint density at radius 2 is 2.00 bits per heavy atom. The number of imidazole rings is 1. The van der Waals surface area contributed by atoms with E-state index >= 15 is 0 Å². The van der Waals surface area contributed by atoms with Gasteiger partial charge in [-0.15, -0.1) is 0 Å². The number of hydrogen-bond donors (Lipinski definition) is 1. The minimum absolute atomic E-state index is 0.654. The van der Waals surface area contributed by atoms with Crippen molar-refractivity contribution in [2.75, 3.05) is 13.6 Å². The van der Waals surface area contributed by atoms with Crippen LogP contribution in [0.4, 0.5) is 0 Å². The van der Waals surface area contributed by atoms with Gasteiger partial charge in [-0.25, -0.2) is 4.98 Å². The zero-order chi connectivity index (χ0) is 13.1. The Balaban J connectivity index is 1.71. The molecule has 2 atom stereocenters. The summed E-state index contributed by atoms with van der Waals surface area (Å²) in [6.45, 7) is 3.30. The number of fused-ring (bicyclic) bond motifs is 1. The number of aromatic nitrogens is 2. The molecule has 1 N–H and O–H groups in total. The Labute approximate surface area is 116 Å². The topological polar surface area (TPSA) is 33.1 Å². The average molecular weight is 262 g/mol. The molecule has 3 rings (SSSR count). The summed E-state index contributed by atoms with van der Waals surface area (Å²) >= 11 is 0. The van der Waals surface area contributed by atoms with Crippen molar-refractivity contribution >= 4 is 0 Å². The maximum Gasteiger partial charge on any atom is 0.122 e. The average Bonchev–Trinajstić information content (AvgIpc) is 2.86. The Hall–Kier alpha value is -0.870. The molecule has 1 aliphatic carbocycles. The van der Waals surface area contributed by atoms with Crippen LogP contribution in [0.2, 0.25) is 0 Å². The van der Waals surface area contributed by atoms with E-state index < -0.39 is 0 Å². The van der Waals surface area contributed by atoms with E-state index in [-0.39, 0.29) is 0 Å². The van der Waals surface area contributed by atoms with E-state index in [0.717, 1.165) is 13.1 Å². The standard InChI is InChI=1S/C15H26N4/c1-16-13-6-4-2-3-5-7-14(13)19-11-10-18-9-8-17-15(18)12-19/h8-9,13-14,16H,2-7,10-12H2,1H3. The van der Waals surface area contributed by atoms with Gasteiger partial charge in [-0.1, -0.05) is 25.7 Å². The first-order valence-electron chi connectivity index (χ1n) is 7.80. The highest BCUT2D eigenvalue weighted by Crippen LogP contribution is 2.24. The van der Waals surface area contributed by atoms with Crippen LogP contribution in [0.1, 0.15) is 44.3 Å². The quantitative estimate of drug-likeness (QED) is 0.885. The minimum Gasteiger partial charge on any atom is -0.333 e. The van der Waals surface area contributed by atoms with E-state index in [1.165, 1.54) is 50.9 Å². The first-order chi connectivity index (χ1) is 9.38. The van der Waals surface area contributed by atoms with Gasteiger partial charge in [-0.2, -0.15) is 0 Å². The molecule has 0 saturated heterocycles. The van der Waals surface area contributed by atoms with Crippen LogP contribution in [0.3, 0.4) is 0 Å². The van der Waals surface area contributed by atoms with Crippen LogP contribution in [0.25, 0.3) is 0 Å². The zero-order valence-corrected chi connectivity index (χ0v) is 12.0. The molecule has 0 amide bonds. The second kappa shape index (κ2) is 6.06. The lowest BCUT2D eigenvalue weighted by molar-refractivity contribution is 0.105. The van der Waals surface area contributed by atoms with Gasteiger partial charge in [-0.05, 0) is 19.9 Å². The maximum atomic E-state index is 4.50. The molecule has 4 heteroatoms. The molecule has 0 radical (unpaired) electrons. The Morgan fingerprint density at radius 1 is 1.16 bits per heavy atom. The van der Waals surface area contributed by atoms with Gasteiger partial charge < -0.3 is 9.88 Å². The van der Waals surface area contributed by atoms with Crippen LogP contribution >= 0.6 is 0 Å². The molecule has 0 bridgehead atoms. The third-order valence-corrected chi connectivity index (χ3v) is 4.84. The van der Waals surface area contributed by atoms with E-state index in [2.05, 4.69) is 33.0 Å². The maximum absolute atomic E-state index is 4.50. The van der Waals surface area contributed by atoms with Crippen LogP contribution < -0.4 is 5.32 Å². The van der Waals surface area contributed by atoms with Crippen LogP contribution in [-0.2, 0) is 13.1 Å². The molecule has 2 aliphatic rings. The van der Waals surface area contributed by atoms with Crippen molar-refractivity contribution in [3.63, 3.8) is 0 Å². The molecule has 2 heterocycles. The number of hydrogen-bond acceptors (Lipinski definition) is 3. The summed E-state index contributed by atoms with van der Waals surface area (Å²) in [6.07, 6.45) is 12.3. The van der Waals surface area contributed by atoms with E-state index in [1.807, 2.05) is 6.20 Å². The molecular weight excluding hydrogens is 236 g/mol. The summed E-state index contributed by atoms with van der Waals surface area (Å²) in [5.74, 6) is 1.24. The summed E-state index contributed by atoms with van der Waals surface area (Å²) in [7, 11) is 2.13. The van der Waals surface area contributed by atoms with Crippen LogP contribution in [0, 0.1) is 0 Å². The molecule has 0 spiro atoms. The first kappa shape index (κ1) is 13.1. The number of likely N-dealkylation sites (N-methyl/N-ethyl adjacent to an activating group) is 1. The molecule has 4 nitrogen and oxygen atoms in total. The normalized spacial score (nSPS) is 29.5. The summed E-state index contributed by atoms with van der Waals surface area (Å²) in [4.78, 5) is 7.16. The molecule has 19 heavy (non-hydrogen) atoms. The van der Waals surface area contributed by atoms with Crippen molar-refractivity contribution < 1.29 is 0 Å². The van der Waals surface area contributed by atoms with Gasteiger partial charge in [0.15, 0.2) is 0 Å². The minimum atomic E-state index is 0.654. The van der Waals surface area contributed by atoms with Crippen molar-refractivity contribution in [2.24, 2.45) is 0 Å². The molecule has 1 aromatic rings. The predicted molar refractivity (Wildman–Crippen MR) is 77.0 cm³/mol. The Kier molecular flexibility index (Phi) is 4.18. The second-order valence-electron chi connectivity index (χ2n) is 5.96. The lowest BCUT2D eigenvalue weighted by atomic mass is 9.91. The van der Waals surface area contributed by atoms with Crippen molar-refractivity contribution in [3.8, 4) is 0 Å². The van der Waals surface area contributed by atoms with E-state index in [0.29, 0.717) is 12.1 Å². The van der Waals surface area contributed by atoms with Gasteiger partial charge in [-0.3, -0.25) is 4.90 Å². The van der Waals surface area contributed by atoms with Gasteiger partial charge in [0.1, 0.15) is 5.82 Å². The highest BCUT2D eigenvalue weighted by atomic mass is 15.3. The van der Waals surface area contributed by atoms with Crippen molar-refractivity contribution in [3.05, 3.63) is 18.2 Å². The van der Waals surface area contributed by atoms with Crippen LogP contribution in [0.15, 0.2) is 12.4 Å². The lowest BCUT2D eigenvalue weighted by Crippen LogP contribution is -2.51. The number of nitrogens with zero attached hydrogens (tertiary/aromatic N) is 3. The van der Waals surface area contributed by atoms with Gasteiger partial charge in [0, 0.05) is 37.6 Å². The largest absolute Gasteiger partial charge is 0.333 e. The second-order valence-corrected chi connectivity index (χ2v) is 5.96. The van der Waals surface area contributed by atoms with E-state index in [4.69, 9.17) is 0 Å².